The van der Waals surface area contributed by atoms with Crippen LogP contribution in [0.3, 0.4) is 0 Å². The molecule has 1 unspecified atom stereocenters. The number of aliphatic hydroxyl groups excluding tert-OH is 1. The Balaban J connectivity index is 1.66. The number of aliphatic hydroxyl groups is 1. The van der Waals surface area contributed by atoms with Gasteiger partial charge in [0.15, 0.2) is 0 Å². The first kappa shape index (κ1) is 22.8. The lowest BCUT2D eigenvalue weighted by Crippen LogP contribution is -2.30. The van der Waals surface area contributed by atoms with Crippen LogP contribution < -0.4 is 4.74 Å². The smallest absolute Gasteiger partial charge is 0.295 e. The maximum absolute atomic E-state index is 13.0. The van der Waals surface area contributed by atoms with Crippen molar-refractivity contribution in [3.63, 3.8) is 0 Å². The van der Waals surface area contributed by atoms with Gasteiger partial charge in [-0.1, -0.05) is 49.7 Å². The number of carbonyl (C=O) groups is 2. The Morgan fingerprint density at radius 2 is 1.88 bits per heavy atom. The van der Waals surface area contributed by atoms with Crippen molar-refractivity contribution < 1.29 is 19.4 Å². The molecule has 1 amide bonds. The molecule has 1 N–H and O–H groups in total. The number of hydrogen-bond acceptors (Lipinski definition) is 5. The van der Waals surface area contributed by atoms with E-state index in [2.05, 4.69) is 0 Å². The molecule has 0 saturated carbocycles. The average molecular weight is 462 g/mol. The van der Waals surface area contributed by atoms with Crippen LogP contribution in [0, 0.1) is 6.92 Å². The van der Waals surface area contributed by atoms with Gasteiger partial charge in [0.25, 0.3) is 11.7 Å². The Kier molecular flexibility index (Phi) is 6.94. The molecule has 0 radical (unpaired) electrons. The predicted molar refractivity (Wildman–Crippen MR) is 130 cm³/mol. The first-order chi connectivity index (χ1) is 16.0. The van der Waals surface area contributed by atoms with Crippen molar-refractivity contribution >= 4 is 28.8 Å². The number of Topliss-reactive ketones (excluding diaryl/α,β-unsaturated/α-hetero) is 1. The van der Waals surface area contributed by atoms with E-state index in [0.29, 0.717) is 24.5 Å². The number of rotatable bonds is 8. The van der Waals surface area contributed by atoms with Crippen molar-refractivity contribution in [3.05, 3.63) is 93.2 Å². The van der Waals surface area contributed by atoms with Crippen molar-refractivity contribution in [2.24, 2.45) is 0 Å². The second-order valence-corrected chi connectivity index (χ2v) is 9.10. The number of ketones is 1. The lowest BCUT2D eigenvalue weighted by Gasteiger charge is -2.23. The highest BCUT2D eigenvalue weighted by molar-refractivity contribution is 7.10. The van der Waals surface area contributed by atoms with E-state index < -0.39 is 17.7 Å². The van der Waals surface area contributed by atoms with E-state index in [0.717, 1.165) is 28.8 Å². The fourth-order valence-electron chi connectivity index (χ4n) is 4.03. The van der Waals surface area contributed by atoms with Crippen LogP contribution in [0.15, 0.2) is 71.6 Å². The maximum atomic E-state index is 13.0. The molecule has 0 spiro atoms. The molecule has 1 atom stereocenters. The standard InChI is InChI=1S/C27H27NO4S/c1-3-4-14-28-24(22-11-8-15-33-22)23(26(30)27(28)31)25(29)20-12-13-21(18(2)16-20)32-17-19-9-6-5-7-10-19/h5-13,15-16,24,29H,3-4,14,17H2,1-2H3/b25-23-. The fourth-order valence-corrected chi connectivity index (χ4v) is 4.88. The molecule has 33 heavy (non-hydrogen) atoms. The lowest BCUT2D eigenvalue weighted by atomic mass is 9.98. The number of thiophene rings is 1. The van der Waals surface area contributed by atoms with E-state index in [9.17, 15) is 14.7 Å². The Morgan fingerprint density at radius 1 is 1.09 bits per heavy atom. The lowest BCUT2D eigenvalue weighted by molar-refractivity contribution is -0.139. The van der Waals surface area contributed by atoms with Crippen LogP contribution in [0.5, 0.6) is 5.75 Å². The minimum atomic E-state index is -0.635. The monoisotopic (exact) mass is 461 g/mol. The number of carbonyl (C=O) groups excluding carboxylic acids is 2. The molecule has 1 saturated heterocycles. The molecule has 0 aliphatic carbocycles. The van der Waals surface area contributed by atoms with E-state index >= 15 is 0 Å². The van der Waals surface area contributed by atoms with Gasteiger partial charge in [0.1, 0.15) is 18.1 Å². The molecule has 2 aromatic carbocycles. The van der Waals surface area contributed by atoms with Crippen LogP contribution in [0.1, 0.15) is 47.4 Å². The number of hydrogen-bond donors (Lipinski definition) is 1. The molecule has 1 fully saturated rings. The van der Waals surface area contributed by atoms with Crippen molar-refractivity contribution in [1.29, 1.82) is 0 Å². The van der Waals surface area contributed by atoms with Crippen molar-refractivity contribution in [3.8, 4) is 5.75 Å². The average Bonchev–Trinajstić information content (AvgIpc) is 3.44. The van der Waals surface area contributed by atoms with Gasteiger partial charge in [0.05, 0.1) is 11.6 Å². The third-order valence-electron chi connectivity index (χ3n) is 5.79. The van der Waals surface area contributed by atoms with Crippen LogP contribution >= 0.6 is 11.3 Å². The zero-order valence-electron chi connectivity index (χ0n) is 18.8. The number of benzene rings is 2. The van der Waals surface area contributed by atoms with Crippen LogP contribution in [0.4, 0.5) is 0 Å². The van der Waals surface area contributed by atoms with E-state index in [1.54, 1.807) is 23.1 Å². The first-order valence-electron chi connectivity index (χ1n) is 11.1. The third-order valence-corrected chi connectivity index (χ3v) is 6.72. The molecule has 0 bridgehead atoms. The van der Waals surface area contributed by atoms with Crippen molar-refractivity contribution in [2.75, 3.05) is 6.54 Å². The summed E-state index contributed by atoms with van der Waals surface area (Å²) in [5.74, 6) is -0.635. The van der Waals surface area contributed by atoms with Crippen LogP contribution in [0.25, 0.3) is 5.76 Å². The molecule has 6 heteroatoms. The van der Waals surface area contributed by atoms with Gasteiger partial charge in [0, 0.05) is 17.0 Å². The molecule has 4 rings (SSSR count). The number of amides is 1. The Hall–Kier alpha value is -3.38. The Bertz CT molecular complexity index is 1170. The first-order valence-corrected chi connectivity index (χ1v) is 12.0. The highest BCUT2D eigenvalue weighted by Gasteiger charge is 2.46. The molecule has 170 valence electrons. The van der Waals surface area contributed by atoms with E-state index in [-0.39, 0.29) is 11.3 Å². The van der Waals surface area contributed by atoms with Gasteiger partial charge in [-0.3, -0.25) is 9.59 Å². The number of aryl methyl sites for hydroxylation is 1. The minimum Gasteiger partial charge on any atom is -0.507 e. The molecule has 1 aliphatic rings. The summed E-state index contributed by atoms with van der Waals surface area (Å²) < 4.78 is 5.94. The number of ether oxygens (including phenoxy) is 1. The third kappa shape index (κ3) is 4.71. The second kappa shape index (κ2) is 10.0. The van der Waals surface area contributed by atoms with Gasteiger partial charge in [-0.2, -0.15) is 0 Å². The Labute approximate surface area is 197 Å². The summed E-state index contributed by atoms with van der Waals surface area (Å²) in [6.45, 7) is 4.86. The topological polar surface area (TPSA) is 66.8 Å². The normalized spacial score (nSPS) is 17.5. The predicted octanol–water partition coefficient (Wildman–Crippen LogP) is 5.86. The SMILES string of the molecule is CCCCN1C(=O)C(=O)/C(=C(\O)c2ccc(OCc3ccccc3)c(C)c2)C1c1cccs1. The molecule has 3 aromatic rings. The summed E-state index contributed by atoms with van der Waals surface area (Å²) in [5.41, 5.74) is 2.54. The molecular weight excluding hydrogens is 434 g/mol. The van der Waals surface area contributed by atoms with Gasteiger partial charge in [-0.15, -0.1) is 11.3 Å². The summed E-state index contributed by atoms with van der Waals surface area (Å²) in [6.07, 6.45) is 1.70. The van der Waals surface area contributed by atoms with Crippen LogP contribution in [-0.4, -0.2) is 28.2 Å². The largest absolute Gasteiger partial charge is 0.507 e. The van der Waals surface area contributed by atoms with Gasteiger partial charge >= 0.3 is 0 Å². The maximum Gasteiger partial charge on any atom is 0.295 e. The van der Waals surface area contributed by atoms with Gasteiger partial charge < -0.3 is 14.7 Å². The number of nitrogens with zero attached hydrogens (tertiary/aromatic N) is 1. The van der Waals surface area contributed by atoms with Crippen molar-refractivity contribution in [2.45, 2.75) is 39.3 Å². The molecule has 1 aliphatic heterocycles. The van der Waals surface area contributed by atoms with Gasteiger partial charge in [0.2, 0.25) is 0 Å². The molecule has 1 aromatic heterocycles. The summed E-state index contributed by atoms with van der Waals surface area (Å²) in [6, 6.07) is 18.4. The molecule has 5 nitrogen and oxygen atoms in total. The molecule has 2 heterocycles. The quantitative estimate of drug-likeness (QED) is 0.259. The summed E-state index contributed by atoms with van der Waals surface area (Å²) in [4.78, 5) is 28.3. The summed E-state index contributed by atoms with van der Waals surface area (Å²) in [5, 5.41) is 13.1. The van der Waals surface area contributed by atoms with E-state index in [1.165, 1.54) is 11.3 Å². The summed E-state index contributed by atoms with van der Waals surface area (Å²) in [7, 11) is 0. The highest BCUT2D eigenvalue weighted by Crippen LogP contribution is 2.41. The van der Waals surface area contributed by atoms with Gasteiger partial charge in [-0.25, -0.2) is 0 Å². The Morgan fingerprint density at radius 3 is 2.55 bits per heavy atom. The molecular formula is C27H27NO4S. The number of unbranched alkanes of at least 4 members (excludes halogenated alkanes) is 1. The summed E-state index contributed by atoms with van der Waals surface area (Å²) >= 11 is 1.48. The second-order valence-electron chi connectivity index (χ2n) is 8.12. The van der Waals surface area contributed by atoms with Crippen LogP contribution in [0.2, 0.25) is 0 Å². The number of likely N-dealkylation sites (tertiary alicyclic amines) is 1. The highest BCUT2D eigenvalue weighted by atomic mass is 32.1. The minimum absolute atomic E-state index is 0.149. The zero-order chi connectivity index (χ0) is 23.4. The van der Waals surface area contributed by atoms with Crippen LogP contribution in [-0.2, 0) is 16.2 Å². The fraction of sp³-hybridized carbons (Fsp3) is 0.259. The van der Waals surface area contributed by atoms with E-state index in [1.807, 2.05) is 61.7 Å². The zero-order valence-corrected chi connectivity index (χ0v) is 19.6. The van der Waals surface area contributed by atoms with E-state index in [4.69, 9.17) is 4.74 Å². The van der Waals surface area contributed by atoms with Crippen molar-refractivity contribution in [1.82, 2.24) is 4.90 Å². The van der Waals surface area contributed by atoms with Gasteiger partial charge in [-0.05, 0) is 54.1 Å².